The first-order chi connectivity index (χ1) is 30.6. The Morgan fingerprint density at radius 2 is 0.905 bits per heavy atom. The van der Waals surface area contributed by atoms with Gasteiger partial charge in [-0.25, -0.2) is 0 Å². The van der Waals surface area contributed by atoms with Crippen molar-refractivity contribution in [2.75, 3.05) is 47.5 Å². The minimum Gasteiger partial charge on any atom is -0.545 e. The van der Waals surface area contributed by atoms with Crippen LogP contribution in [0, 0.1) is 0 Å². The molecule has 0 radical (unpaired) electrons. The van der Waals surface area contributed by atoms with Gasteiger partial charge in [0.05, 0.1) is 40.3 Å². The summed E-state index contributed by atoms with van der Waals surface area (Å²) in [6, 6.07) is 0. The molecule has 0 rings (SSSR count). The first-order valence-electron chi connectivity index (χ1n) is 26.1. The largest absolute Gasteiger partial charge is 0.545 e. The van der Waals surface area contributed by atoms with Gasteiger partial charge in [0, 0.05) is 12.8 Å². The topological polar surface area (TPSA) is 111 Å². The number of carbonyl (C=O) groups excluding carboxylic acids is 3. The zero-order valence-electron chi connectivity index (χ0n) is 41.7. The van der Waals surface area contributed by atoms with E-state index in [0.29, 0.717) is 23.9 Å². The summed E-state index contributed by atoms with van der Waals surface area (Å²) in [4.78, 5) is 37.1. The predicted molar refractivity (Wildman–Crippen MR) is 260 cm³/mol. The summed E-state index contributed by atoms with van der Waals surface area (Å²) in [5.41, 5.74) is 0. The lowest BCUT2D eigenvalue weighted by Crippen LogP contribution is -2.44. The molecule has 9 nitrogen and oxygen atoms in total. The summed E-state index contributed by atoms with van der Waals surface area (Å²) in [6.45, 7) is 4.64. The Balaban J connectivity index is 4.26. The van der Waals surface area contributed by atoms with Crippen molar-refractivity contribution in [3.05, 3.63) is 36.5 Å². The molecule has 0 aliphatic carbocycles. The van der Waals surface area contributed by atoms with Gasteiger partial charge < -0.3 is 33.3 Å². The highest BCUT2D eigenvalue weighted by atomic mass is 16.7. The van der Waals surface area contributed by atoms with Crippen molar-refractivity contribution in [3.63, 3.8) is 0 Å². The second-order valence-electron chi connectivity index (χ2n) is 18.8. The molecule has 0 amide bonds. The van der Waals surface area contributed by atoms with E-state index in [1.165, 1.54) is 128 Å². The number of aliphatic carboxylic acids is 1. The van der Waals surface area contributed by atoms with Gasteiger partial charge in [0.25, 0.3) is 0 Å². The van der Waals surface area contributed by atoms with Crippen LogP contribution in [0.5, 0.6) is 0 Å². The number of esters is 2. The maximum Gasteiger partial charge on any atom is 0.306 e. The van der Waals surface area contributed by atoms with Crippen molar-refractivity contribution in [3.8, 4) is 0 Å². The van der Waals surface area contributed by atoms with E-state index in [1.54, 1.807) is 0 Å². The van der Waals surface area contributed by atoms with E-state index < -0.39 is 24.3 Å². The molecule has 0 N–H and O–H groups in total. The minimum absolute atomic E-state index is 0.145. The molecule has 9 heteroatoms. The van der Waals surface area contributed by atoms with Gasteiger partial charge in [-0.2, -0.15) is 0 Å². The van der Waals surface area contributed by atoms with Crippen LogP contribution < -0.4 is 5.11 Å². The van der Waals surface area contributed by atoms with Crippen molar-refractivity contribution in [2.45, 2.75) is 245 Å². The summed E-state index contributed by atoms with van der Waals surface area (Å²) >= 11 is 0. The second kappa shape index (κ2) is 46.1. The smallest absolute Gasteiger partial charge is 0.306 e. The van der Waals surface area contributed by atoms with Crippen molar-refractivity contribution in [2.24, 2.45) is 0 Å². The number of nitrogens with zero attached hydrogens (tertiary/aromatic N) is 1. The van der Waals surface area contributed by atoms with Gasteiger partial charge in [-0.15, -0.1) is 0 Å². The molecular weight excluding hydrogens is 791 g/mol. The minimum atomic E-state index is -1.62. The SMILES string of the molecule is CC/C=C\C/C=C\C/C=C\CCCCCCCC(=O)OC(COC(=O)CCCCCCCCCCCCCCCCCCCCCCCCC)COC(OCC[N+](C)(C)C)C(=O)[O-]. The van der Waals surface area contributed by atoms with Crippen molar-refractivity contribution in [1.29, 1.82) is 0 Å². The average molecular weight is 890 g/mol. The Morgan fingerprint density at radius 1 is 0.492 bits per heavy atom. The highest BCUT2D eigenvalue weighted by molar-refractivity contribution is 5.70. The van der Waals surface area contributed by atoms with E-state index in [0.717, 1.165) is 70.6 Å². The fourth-order valence-electron chi connectivity index (χ4n) is 7.37. The Hall–Kier alpha value is -2.49. The molecule has 2 atom stereocenters. The summed E-state index contributed by atoms with van der Waals surface area (Å²) in [5.74, 6) is -2.30. The number of carbonyl (C=O) groups is 3. The number of allylic oxidation sites excluding steroid dienone is 6. The van der Waals surface area contributed by atoms with Gasteiger partial charge in [-0.1, -0.05) is 211 Å². The number of rotatable bonds is 48. The summed E-state index contributed by atoms with van der Waals surface area (Å²) in [5, 5.41) is 11.7. The van der Waals surface area contributed by atoms with Crippen LogP contribution >= 0.6 is 0 Å². The summed E-state index contributed by atoms with van der Waals surface area (Å²) < 4.78 is 22.6. The lowest BCUT2D eigenvalue weighted by Gasteiger charge is -2.26. The molecule has 0 saturated carbocycles. The summed E-state index contributed by atoms with van der Waals surface area (Å²) in [6.07, 6.45) is 50.5. The number of likely N-dealkylation sites (N-methyl/N-ethyl adjacent to an activating group) is 1. The van der Waals surface area contributed by atoms with Crippen LogP contribution in [0.15, 0.2) is 36.5 Å². The Morgan fingerprint density at radius 3 is 1.35 bits per heavy atom. The van der Waals surface area contributed by atoms with Crippen LogP contribution in [0.1, 0.15) is 232 Å². The van der Waals surface area contributed by atoms with E-state index in [2.05, 4.69) is 50.3 Å². The molecule has 0 aliphatic rings. The molecule has 63 heavy (non-hydrogen) atoms. The molecule has 2 unspecified atom stereocenters. The fourth-order valence-corrected chi connectivity index (χ4v) is 7.37. The molecule has 0 fully saturated rings. The number of hydrogen-bond acceptors (Lipinski definition) is 8. The van der Waals surface area contributed by atoms with E-state index in [9.17, 15) is 19.5 Å². The number of hydrogen-bond donors (Lipinski definition) is 0. The molecule has 0 heterocycles. The first kappa shape index (κ1) is 60.5. The molecule has 0 bridgehead atoms. The Bertz CT molecular complexity index is 1130. The lowest BCUT2D eigenvalue weighted by atomic mass is 10.0. The predicted octanol–water partition coefficient (Wildman–Crippen LogP) is 13.2. The van der Waals surface area contributed by atoms with E-state index in [1.807, 2.05) is 21.1 Å². The number of unbranched alkanes of at least 4 members (excludes halogenated alkanes) is 27. The zero-order chi connectivity index (χ0) is 46.3. The number of carboxylic acids is 1. The lowest BCUT2D eigenvalue weighted by molar-refractivity contribution is -0.870. The first-order valence-corrected chi connectivity index (χ1v) is 26.1. The Labute approximate surface area is 388 Å². The quantitative estimate of drug-likeness (QED) is 0.0195. The summed E-state index contributed by atoms with van der Waals surface area (Å²) in [7, 11) is 5.91. The van der Waals surface area contributed by atoms with Gasteiger partial charge in [-0.05, 0) is 44.9 Å². The molecule has 0 aliphatic heterocycles. The van der Waals surface area contributed by atoms with Crippen molar-refractivity contribution >= 4 is 17.9 Å². The van der Waals surface area contributed by atoms with Gasteiger partial charge in [0.1, 0.15) is 13.2 Å². The highest BCUT2D eigenvalue weighted by Gasteiger charge is 2.22. The molecule has 0 aromatic heterocycles. The third-order valence-corrected chi connectivity index (χ3v) is 11.4. The van der Waals surface area contributed by atoms with E-state index in [-0.39, 0.29) is 32.2 Å². The molecular formula is C54H99NO8. The van der Waals surface area contributed by atoms with Crippen LogP contribution in [0.2, 0.25) is 0 Å². The molecule has 0 spiro atoms. The third kappa shape index (κ3) is 47.3. The van der Waals surface area contributed by atoms with Crippen molar-refractivity contribution in [1.82, 2.24) is 0 Å². The van der Waals surface area contributed by atoms with Crippen LogP contribution in [0.3, 0.4) is 0 Å². The maximum atomic E-state index is 12.8. The number of ether oxygens (including phenoxy) is 4. The van der Waals surface area contributed by atoms with Gasteiger partial charge in [0.2, 0.25) is 0 Å². The highest BCUT2D eigenvalue weighted by Crippen LogP contribution is 2.16. The molecule has 368 valence electrons. The Kier molecular flexibility index (Phi) is 44.2. The van der Waals surface area contributed by atoms with Crippen LogP contribution in [-0.2, 0) is 33.3 Å². The zero-order valence-corrected chi connectivity index (χ0v) is 41.7. The van der Waals surface area contributed by atoms with Gasteiger partial charge >= 0.3 is 11.9 Å². The standard InChI is InChI=1S/C54H99NO8/c1-6-8-10-12-14-16-18-20-22-23-24-25-26-27-28-29-31-32-34-36-38-40-42-44-51(56)61-48-50(49-62-54(53(58)59)60-47-46-55(3,4)5)63-52(57)45-43-41-39-37-35-33-30-21-19-17-15-13-11-9-7-2/h9,11,15,17,21,30,50,54H,6-8,10,12-14,16,18-20,22-29,31-49H2,1-5H3/b11-9-,17-15-,30-21-. The fraction of sp³-hybridized carbons (Fsp3) is 0.833. The van der Waals surface area contributed by atoms with Crippen LogP contribution in [0.4, 0.5) is 0 Å². The maximum absolute atomic E-state index is 12.8. The van der Waals surface area contributed by atoms with E-state index in [4.69, 9.17) is 18.9 Å². The molecule has 0 aromatic rings. The normalized spacial score (nSPS) is 13.1. The van der Waals surface area contributed by atoms with E-state index >= 15 is 0 Å². The number of quaternary nitrogens is 1. The van der Waals surface area contributed by atoms with Gasteiger partial charge in [0.15, 0.2) is 12.4 Å². The van der Waals surface area contributed by atoms with Crippen molar-refractivity contribution < 1.29 is 42.9 Å². The third-order valence-electron chi connectivity index (χ3n) is 11.4. The monoisotopic (exact) mass is 890 g/mol. The van der Waals surface area contributed by atoms with Crippen LogP contribution in [0.25, 0.3) is 0 Å². The number of carboxylic acid groups (broad SMARTS) is 1. The van der Waals surface area contributed by atoms with Gasteiger partial charge in [-0.3, -0.25) is 9.59 Å². The second-order valence-corrected chi connectivity index (χ2v) is 18.8. The average Bonchev–Trinajstić information content (AvgIpc) is 3.24. The molecule has 0 aromatic carbocycles. The van der Waals surface area contributed by atoms with Crippen LogP contribution in [-0.4, -0.2) is 82.3 Å². The molecule has 0 saturated heterocycles.